The maximum absolute atomic E-state index is 9.00. The molecule has 0 saturated heterocycles. The van der Waals surface area contributed by atoms with E-state index in [2.05, 4.69) is 19.2 Å². The minimum absolute atomic E-state index is 0.0507. The van der Waals surface area contributed by atoms with Gasteiger partial charge in [0.1, 0.15) is 0 Å². The molecule has 0 saturated carbocycles. The highest BCUT2D eigenvalue weighted by atomic mass is 16.3. The topological polar surface area (TPSA) is 58.3 Å². The van der Waals surface area contributed by atoms with Gasteiger partial charge in [-0.05, 0) is 44.0 Å². The molecule has 15 heavy (non-hydrogen) atoms. The standard InChI is InChI=1S/C12H20N2O/c1-3-12(2,8-9-15)14-11-6-4-10(13)5-7-11/h4-7,14-15H,3,8-9,13H2,1-2H3. The normalized spacial score (nSPS) is 14.6. The zero-order valence-corrected chi connectivity index (χ0v) is 9.46. The molecular formula is C12H20N2O. The molecule has 84 valence electrons. The second-order valence-electron chi connectivity index (χ2n) is 4.13. The molecule has 4 N–H and O–H groups in total. The van der Waals surface area contributed by atoms with E-state index in [1.165, 1.54) is 0 Å². The summed E-state index contributed by atoms with van der Waals surface area (Å²) >= 11 is 0. The van der Waals surface area contributed by atoms with Crippen molar-refractivity contribution in [1.29, 1.82) is 0 Å². The Balaban J connectivity index is 2.70. The summed E-state index contributed by atoms with van der Waals surface area (Å²) in [6.45, 7) is 4.42. The molecule has 0 aliphatic rings. The van der Waals surface area contributed by atoms with Crippen LogP contribution in [-0.4, -0.2) is 17.3 Å². The van der Waals surface area contributed by atoms with E-state index >= 15 is 0 Å². The van der Waals surface area contributed by atoms with Crippen molar-refractivity contribution >= 4 is 11.4 Å². The minimum atomic E-state index is -0.0507. The zero-order valence-electron chi connectivity index (χ0n) is 9.46. The number of aliphatic hydroxyl groups is 1. The van der Waals surface area contributed by atoms with E-state index in [1.54, 1.807) is 0 Å². The molecule has 0 bridgehead atoms. The second kappa shape index (κ2) is 5.03. The first kappa shape index (κ1) is 11.9. The van der Waals surface area contributed by atoms with E-state index in [0.717, 1.165) is 24.2 Å². The molecule has 1 unspecified atom stereocenters. The molecule has 0 fully saturated rings. The Bertz CT molecular complexity index is 297. The van der Waals surface area contributed by atoms with Crippen LogP contribution in [0.1, 0.15) is 26.7 Å². The van der Waals surface area contributed by atoms with Crippen molar-refractivity contribution in [1.82, 2.24) is 0 Å². The van der Waals surface area contributed by atoms with Crippen LogP contribution in [-0.2, 0) is 0 Å². The van der Waals surface area contributed by atoms with Crippen molar-refractivity contribution in [3.05, 3.63) is 24.3 Å². The Kier molecular flexibility index (Phi) is 3.97. The van der Waals surface area contributed by atoms with E-state index in [9.17, 15) is 0 Å². The maximum Gasteiger partial charge on any atom is 0.0453 e. The van der Waals surface area contributed by atoms with Crippen LogP contribution in [0.25, 0.3) is 0 Å². The fourth-order valence-corrected chi connectivity index (χ4v) is 1.49. The summed E-state index contributed by atoms with van der Waals surface area (Å²) in [7, 11) is 0. The van der Waals surface area contributed by atoms with E-state index in [4.69, 9.17) is 10.8 Å². The molecule has 1 rings (SSSR count). The summed E-state index contributed by atoms with van der Waals surface area (Å²) in [4.78, 5) is 0. The Morgan fingerprint density at radius 1 is 1.33 bits per heavy atom. The molecule has 0 spiro atoms. The third kappa shape index (κ3) is 3.44. The fourth-order valence-electron chi connectivity index (χ4n) is 1.49. The molecule has 0 radical (unpaired) electrons. The van der Waals surface area contributed by atoms with Gasteiger partial charge >= 0.3 is 0 Å². The van der Waals surface area contributed by atoms with Crippen molar-refractivity contribution in [3.8, 4) is 0 Å². The minimum Gasteiger partial charge on any atom is -0.399 e. The molecule has 0 aliphatic carbocycles. The van der Waals surface area contributed by atoms with Crippen LogP contribution in [0.4, 0.5) is 11.4 Å². The number of anilines is 2. The van der Waals surface area contributed by atoms with Crippen molar-refractivity contribution in [3.63, 3.8) is 0 Å². The van der Waals surface area contributed by atoms with Gasteiger partial charge in [0.2, 0.25) is 0 Å². The molecule has 1 atom stereocenters. The quantitative estimate of drug-likeness (QED) is 0.650. The first-order valence-corrected chi connectivity index (χ1v) is 5.34. The number of nitrogens with one attached hydrogen (secondary N) is 1. The van der Waals surface area contributed by atoms with Crippen LogP contribution < -0.4 is 11.1 Å². The zero-order chi connectivity index (χ0) is 11.3. The molecule has 0 aromatic heterocycles. The predicted octanol–water partition coefficient (Wildman–Crippen LogP) is 2.23. The van der Waals surface area contributed by atoms with E-state index in [-0.39, 0.29) is 12.1 Å². The number of nitrogen functional groups attached to an aromatic ring is 1. The highest BCUT2D eigenvalue weighted by Gasteiger charge is 2.20. The number of hydrogen-bond acceptors (Lipinski definition) is 3. The number of nitrogens with two attached hydrogens (primary N) is 1. The Labute approximate surface area is 91.3 Å². The van der Waals surface area contributed by atoms with E-state index in [1.807, 2.05) is 24.3 Å². The molecule has 3 heteroatoms. The van der Waals surface area contributed by atoms with E-state index in [0.29, 0.717) is 0 Å². The van der Waals surface area contributed by atoms with Gasteiger partial charge in [-0.25, -0.2) is 0 Å². The van der Waals surface area contributed by atoms with Crippen LogP contribution in [0.5, 0.6) is 0 Å². The Morgan fingerprint density at radius 3 is 2.40 bits per heavy atom. The first-order chi connectivity index (χ1) is 7.09. The van der Waals surface area contributed by atoms with Crippen LogP contribution in [0.3, 0.4) is 0 Å². The summed E-state index contributed by atoms with van der Waals surface area (Å²) in [5.41, 5.74) is 7.37. The largest absolute Gasteiger partial charge is 0.399 e. The van der Waals surface area contributed by atoms with Crippen LogP contribution in [0, 0.1) is 0 Å². The summed E-state index contributed by atoms with van der Waals surface area (Å²) in [5, 5.41) is 12.4. The third-order valence-electron chi connectivity index (χ3n) is 2.80. The van der Waals surface area contributed by atoms with Gasteiger partial charge in [-0.2, -0.15) is 0 Å². The van der Waals surface area contributed by atoms with Crippen molar-refractivity contribution < 1.29 is 5.11 Å². The number of aliphatic hydroxyl groups excluding tert-OH is 1. The molecule has 1 aromatic rings. The maximum atomic E-state index is 9.00. The second-order valence-corrected chi connectivity index (χ2v) is 4.13. The number of hydrogen-bond donors (Lipinski definition) is 3. The van der Waals surface area contributed by atoms with Crippen molar-refractivity contribution in [2.75, 3.05) is 17.7 Å². The number of rotatable bonds is 5. The third-order valence-corrected chi connectivity index (χ3v) is 2.80. The first-order valence-electron chi connectivity index (χ1n) is 5.34. The predicted molar refractivity (Wildman–Crippen MR) is 64.9 cm³/mol. The molecule has 0 heterocycles. The van der Waals surface area contributed by atoms with Gasteiger partial charge in [-0.15, -0.1) is 0 Å². The lowest BCUT2D eigenvalue weighted by atomic mass is 9.94. The lowest BCUT2D eigenvalue weighted by molar-refractivity contribution is 0.252. The Hall–Kier alpha value is -1.22. The average molecular weight is 208 g/mol. The molecular weight excluding hydrogens is 188 g/mol. The molecule has 3 nitrogen and oxygen atoms in total. The molecule has 0 aliphatic heterocycles. The highest BCUT2D eigenvalue weighted by Crippen LogP contribution is 2.22. The van der Waals surface area contributed by atoms with Crippen molar-refractivity contribution in [2.24, 2.45) is 0 Å². The van der Waals surface area contributed by atoms with Gasteiger partial charge in [-0.1, -0.05) is 6.92 Å². The molecule has 0 amide bonds. The summed E-state index contributed by atoms with van der Waals surface area (Å²) in [6, 6.07) is 7.66. The van der Waals surface area contributed by atoms with Crippen LogP contribution in [0.15, 0.2) is 24.3 Å². The van der Waals surface area contributed by atoms with Gasteiger partial charge in [0.25, 0.3) is 0 Å². The smallest absolute Gasteiger partial charge is 0.0453 e. The van der Waals surface area contributed by atoms with E-state index < -0.39 is 0 Å². The van der Waals surface area contributed by atoms with Crippen LogP contribution >= 0.6 is 0 Å². The Morgan fingerprint density at radius 2 is 1.93 bits per heavy atom. The summed E-state index contributed by atoms with van der Waals surface area (Å²) in [6.07, 6.45) is 1.71. The average Bonchev–Trinajstić information content (AvgIpc) is 2.22. The van der Waals surface area contributed by atoms with Gasteiger partial charge in [0.15, 0.2) is 0 Å². The van der Waals surface area contributed by atoms with Gasteiger partial charge < -0.3 is 16.2 Å². The van der Waals surface area contributed by atoms with Crippen LogP contribution in [0.2, 0.25) is 0 Å². The fraction of sp³-hybridized carbons (Fsp3) is 0.500. The molecule has 1 aromatic carbocycles. The van der Waals surface area contributed by atoms with Crippen molar-refractivity contribution in [2.45, 2.75) is 32.2 Å². The lowest BCUT2D eigenvalue weighted by Gasteiger charge is -2.30. The SMILES string of the molecule is CCC(C)(CCO)Nc1ccc(N)cc1. The summed E-state index contributed by atoms with van der Waals surface area (Å²) in [5.74, 6) is 0. The monoisotopic (exact) mass is 208 g/mol. The van der Waals surface area contributed by atoms with Gasteiger partial charge in [0.05, 0.1) is 0 Å². The van der Waals surface area contributed by atoms with Gasteiger partial charge in [0, 0.05) is 23.5 Å². The van der Waals surface area contributed by atoms with Gasteiger partial charge in [-0.3, -0.25) is 0 Å². The lowest BCUT2D eigenvalue weighted by Crippen LogP contribution is -2.34. The highest BCUT2D eigenvalue weighted by molar-refractivity contribution is 5.52. The summed E-state index contributed by atoms with van der Waals surface area (Å²) < 4.78 is 0. The number of benzene rings is 1.